The molecule has 0 bridgehead atoms. The van der Waals surface area contributed by atoms with E-state index in [1.165, 1.54) is 11.3 Å². The van der Waals surface area contributed by atoms with Gasteiger partial charge in [-0.1, -0.05) is 6.92 Å². The Hall–Kier alpha value is -1.75. The monoisotopic (exact) mass is 261 g/mol. The average Bonchev–Trinajstić information content (AvgIpc) is 2.75. The van der Waals surface area contributed by atoms with Crippen molar-refractivity contribution in [3.05, 3.63) is 41.2 Å². The highest BCUT2D eigenvalue weighted by Gasteiger charge is 2.12. The molecular formula is C13H15N3OS. The zero-order valence-electron chi connectivity index (χ0n) is 10.4. The van der Waals surface area contributed by atoms with Crippen LogP contribution in [0.3, 0.4) is 0 Å². The first-order valence-corrected chi connectivity index (χ1v) is 6.65. The first-order chi connectivity index (χ1) is 8.65. The lowest BCUT2D eigenvalue weighted by atomic mass is 9.99. The van der Waals surface area contributed by atoms with Crippen LogP contribution in [-0.4, -0.2) is 15.9 Å². The molecule has 94 valence electrons. The van der Waals surface area contributed by atoms with Crippen molar-refractivity contribution in [1.29, 1.82) is 0 Å². The normalized spacial score (nSPS) is 12.1. The molecule has 2 heterocycles. The fourth-order valence-electron chi connectivity index (χ4n) is 1.67. The second kappa shape index (κ2) is 5.73. The van der Waals surface area contributed by atoms with E-state index in [2.05, 4.69) is 15.3 Å². The lowest BCUT2D eigenvalue weighted by Gasteiger charge is -2.10. The molecule has 0 aliphatic carbocycles. The Labute approximate surface area is 110 Å². The van der Waals surface area contributed by atoms with Gasteiger partial charge in [-0.2, -0.15) is 0 Å². The van der Waals surface area contributed by atoms with Gasteiger partial charge in [0.2, 0.25) is 5.91 Å². The molecule has 0 aliphatic rings. The van der Waals surface area contributed by atoms with Crippen LogP contribution in [0.4, 0.5) is 5.13 Å². The van der Waals surface area contributed by atoms with Gasteiger partial charge in [0.05, 0.1) is 5.69 Å². The maximum Gasteiger partial charge on any atom is 0.226 e. The Bertz CT molecular complexity index is 524. The van der Waals surface area contributed by atoms with Crippen LogP contribution in [0.1, 0.15) is 30.5 Å². The quantitative estimate of drug-likeness (QED) is 0.920. The number of nitrogens with one attached hydrogen (secondary N) is 1. The molecule has 1 N–H and O–H groups in total. The number of pyridine rings is 1. The van der Waals surface area contributed by atoms with Gasteiger partial charge in [-0.25, -0.2) is 4.98 Å². The summed E-state index contributed by atoms with van der Waals surface area (Å²) in [4.78, 5) is 20.0. The van der Waals surface area contributed by atoms with Gasteiger partial charge >= 0.3 is 0 Å². The SMILES string of the molecule is Cc1csc(NC(=O)CC(C)c2ccncc2)n1. The van der Waals surface area contributed by atoms with E-state index in [4.69, 9.17) is 0 Å². The third-order valence-corrected chi connectivity index (χ3v) is 3.51. The summed E-state index contributed by atoms with van der Waals surface area (Å²) >= 11 is 1.45. The summed E-state index contributed by atoms with van der Waals surface area (Å²) in [6.45, 7) is 3.94. The first-order valence-electron chi connectivity index (χ1n) is 5.77. The van der Waals surface area contributed by atoms with E-state index in [0.29, 0.717) is 11.6 Å². The molecule has 2 rings (SSSR count). The van der Waals surface area contributed by atoms with Crippen LogP contribution in [0.2, 0.25) is 0 Å². The molecular weight excluding hydrogens is 246 g/mol. The zero-order valence-corrected chi connectivity index (χ0v) is 11.2. The standard InChI is InChI=1S/C13H15N3OS/c1-9(11-3-5-14-6-4-11)7-12(17)16-13-15-10(2)8-18-13/h3-6,8-9H,7H2,1-2H3,(H,15,16,17). The predicted molar refractivity (Wildman–Crippen MR) is 72.7 cm³/mol. The number of amides is 1. The highest BCUT2D eigenvalue weighted by Crippen LogP contribution is 2.20. The molecule has 18 heavy (non-hydrogen) atoms. The molecule has 4 nitrogen and oxygen atoms in total. The van der Waals surface area contributed by atoms with E-state index >= 15 is 0 Å². The van der Waals surface area contributed by atoms with E-state index in [1.807, 2.05) is 31.4 Å². The molecule has 0 saturated heterocycles. The number of thiazole rings is 1. The van der Waals surface area contributed by atoms with Crippen molar-refractivity contribution in [2.75, 3.05) is 5.32 Å². The Morgan fingerprint density at radius 3 is 2.78 bits per heavy atom. The van der Waals surface area contributed by atoms with E-state index in [-0.39, 0.29) is 11.8 Å². The van der Waals surface area contributed by atoms with Crippen molar-refractivity contribution in [2.45, 2.75) is 26.2 Å². The average molecular weight is 261 g/mol. The number of hydrogen-bond donors (Lipinski definition) is 1. The van der Waals surface area contributed by atoms with Gasteiger partial charge in [0.25, 0.3) is 0 Å². The van der Waals surface area contributed by atoms with Crippen LogP contribution < -0.4 is 5.32 Å². The molecule has 2 aromatic heterocycles. The minimum Gasteiger partial charge on any atom is -0.302 e. The van der Waals surface area contributed by atoms with Crippen LogP contribution in [0.15, 0.2) is 29.9 Å². The van der Waals surface area contributed by atoms with Crippen LogP contribution in [0.25, 0.3) is 0 Å². The first kappa shape index (κ1) is 12.7. The fraction of sp³-hybridized carbons (Fsp3) is 0.308. The third kappa shape index (κ3) is 3.37. The summed E-state index contributed by atoms with van der Waals surface area (Å²) in [5.74, 6) is 0.169. The molecule has 5 heteroatoms. The second-order valence-corrected chi connectivity index (χ2v) is 5.09. The van der Waals surface area contributed by atoms with Crippen molar-refractivity contribution < 1.29 is 4.79 Å². The summed E-state index contributed by atoms with van der Waals surface area (Å²) in [7, 11) is 0. The zero-order chi connectivity index (χ0) is 13.0. The van der Waals surface area contributed by atoms with E-state index in [9.17, 15) is 4.79 Å². The summed E-state index contributed by atoms with van der Waals surface area (Å²) in [6.07, 6.45) is 3.94. The van der Waals surface area contributed by atoms with Crippen molar-refractivity contribution >= 4 is 22.4 Å². The van der Waals surface area contributed by atoms with Gasteiger partial charge in [-0.15, -0.1) is 11.3 Å². The number of anilines is 1. The molecule has 1 unspecified atom stereocenters. The molecule has 0 fully saturated rings. The van der Waals surface area contributed by atoms with Crippen LogP contribution in [0.5, 0.6) is 0 Å². The molecule has 1 atom stereocenters. The molecule has 2 aromatic rings. The number of aromatic nitrogens is 2. The largest absolute Gasteiger partial charge is 0.302 e. The van der Waals surface area contributed by atoms with Crippen molar-refractivity contribution in [2.24, 2.45) is 0 Å². The number of carbonyl (C=O) groups excluding carboxylic acids is 1. The van der Waals surface area contributed by atoms with Gasteiger partial charge in [0, 0.05) is 24.2 Å². The molecule has 0 saturated carbocycles. The Balaban J connectivity index is 1.92. The molecule has 0 radical (unpaired) electrons. The van der Waals surface area contributed by atoms with Gasteiger partial charge in [-0.05, 0) is 30.5 Å². The van der Waals surface area contributed by atoms with Crippen molar-refractivity contribution in [3.8, 4) is 0 Å². The van der Waals surface area contributed by atoms with E-state index < -0.39 is 0 Å². The topological polar surface area (TPSA) is 54.9 Å². The van der Waals surface area contributed by atoms with Crippen molar-refractivity contribution in [1.82, 2.24) is 9.97 Å². The van der Waals surface area contributed by atoms with Gasteiger partial charge < -0.3 is 5.32 Å². The van der Waals surface area contributed by atoms with Crippen molar-refractivity contribution in [3.63, 3.8) is 0 Å². The summed E-state index contributed by atoms with van der Waals surface area (Å²) in [6, 6.07) is 3.87. The van der Waals surface area contributed by atoms with E-state index in [0.717, 1.165) is 11.3 Å². The molecule has 0 aliphatic heterocycles. The Kier molecular flexibility index (Phi) is 4.04. The highest BCUT2D eigenvalue weighted by atomic mass is 32.1. The minimum absolute atomic E-state index is 0.00587. The van der Waals surface area contributed by atoms with Crippen LogP contribution in [0, 0.1) is 6.92 Å². The maximum absolute atomic E-state index is 11.8. The lowest BCUT2D eigenvalue weighted by Crippen LogP contribution is -2.14. The number of hydrogen-bond acceptors (Lipinski definition) is 4. The van der Waals surface area contributed by atoms with Gasteiger partial charge in [0.15, 0.2) is 5.13 Å². The predicted octanol–water partition coefficient (Wildman–Crippen LogP) is 2.98. The number of rotatable bonds is 4. The molecule has 0 spiro atoms. The Morgan fingerprint density at radius 2 is 2.17 bits per heavy atom. The highest BCUT2D eigenvalue weighted by molar-refractivity contribution is 7.13. The number of nitrogens with zero attached hydrogens (tertiary/aromatic N) is 2. The lowest BCUT2D eigenvalue weighted by molar-refractivity contribution is -0.116. The second-order valence-electron chi connectivity index (χ2n) is 4.23. The summed E-state index contributed by atoms with van der Waals surface area (Å²) < 4.78 is 0. The third-order valence-electron chi connectivity index (χ3n) is 2.63. The number of aryl methyl sites for hydroxylation is 1. The van der Waals surface area contributed by atoms with Gasteiger partial charge in [-0.3, -0.25) is 9.78 Å². The van der Waals surface area contributed by atoms with Crippen LogP contribution >= 0.6 is 11.3 Å². The molecule has 0 aromatic carbocycles. The van der Waals surface area contributed by atoms with Crippen LogP contribution in [-0.2, 0) is 4.79 Å². The molecule has 1 amide bonds. The maximum atomic E-state index is 11.8. The van der Waals surface area contributed by atoms with Gasteiger partial charge in [0.1, 0.15) is 0 Å². The summed E-state index contributed by atoms with van der Waals surface area (Å²) in [5, 5.41) is 5.40. The summed E-state index contributed by atoms with van der Waals surface area (Å²) in [5.41, 5.74) is 2.05. The Morgan fingerprint density at radius 1 is 1.44 bits per heavy atom. The minimum atomic E-state index is -0.00587. The fourth-order valence-corrected chi connectivity index (χ4v) is 2.37. The smallest absolute Gasteiger partial charge is 0.226 e. The number of carbonyl (C=O) groups is 1. The van der Waals surface area contributed by atoms with E-state index in [1.54, 1.807) is 12.4 Å².